The second-order valence-electron chi connectivity index (χ2n) is 6.23. The van der Waals surface area contributed by atoms with Gasteiger partial charge in [0.15, 0.2) is 0 Å². The molecular weight excluding hydrogens is 274 g/mol. The maximum absolute atomic E-state index is 10.5. The molecule has 1 aliphatic rings. The Hall–Kier alpha value is -2.49. The summed E-state index contributed by atoms with van der Waals surface area (Å²) in [6.45, 7) is 2.84. The fourth-order valence-electron chi connectivity index (χ4n) is 3.03. The van der Waals surface area contributed by atoms with E-state index in [1.54, 1.807) is 0 Å². The van der Waals surface area contributed by atoms with Crippen LogP contribution in [0.5, 0.6) is 5.88 Å². The molecule has 0 radical (unpaired) electrons. The summed E-state index contributed by atoms with van der Waals surface area (Å²) in [5.41, 5.74) is 9.33. The summed E-state index contributed by atoms with van der Waals surface area (Å²) in [6.07, 6.45) is 4.56. The lowest BCUT2D eigenvalue weighted by Gasteiger charge is -2.05. The van der Waals surface area contributed by atoms with Gasteiger partial charge in [-0.1, -0.05) is 12.1 Å². The van der Waals surface area contributed by atoms with Gasteiger partial charge in [-0.2, -0.15) is 0 Å². The number of nitrogens with zero attached hydrogens (tertiary/aromatic N) is 2. The van der Waals surface area contributed by atoms with E-state index in [1.165, 1.54) is 12.8 Å². The molecule has 2 aromatic heterocycles. The van der Waals surface area contributed by atoms with Gasteiger partial charge in [0.1, 0.15) is 0 Å². The van der Waals surface area contributed by atoms with Crippen LogP contribution in [0.3, 0.4) is 0 Å². The van der Waals surface area contributed by atoms with Gasteiger partial charge in [0, 0.05) is 29.4 Å². The average molecular weight is 293 g/mol. The zero-order valence-corrected chi connectivity index (χ0v) is 12.6. The molecule has 0 atom stereocenters. The Kier molecular flexibility index (Phi) is 2.86. The average Bonchev–Trinajstić information content (AvgIpc) is 3.24. The number of rotatable bonds is 3. The number of aromatic hydroxyl groups is 1. The number of aryl methyl sites for hydroxylation is 1. The van der Waals surface area contributed by atoms with Gasteiger partial charge >= 0.3 is 0 Å². The topological polar surface area (TPSA) is 64.1 Å². The highest BCUT2D eigenvalue weighted by atomic mass is 16.3. The molecule has 3 aromatic rings. The molecule has 4 heteroatoms. The zero-order valence-electron chi connectivity index (χ0n) is 12.6. The molecule has 0 unspecified atom stereocenters. The summed E-state index contributed by atoms with van der Waals surface area (Å²) in [7, 11) is 0. The molecule has 1 aromatic carbocycles. The number of anilines is 1. The molecule has 22 heavy (non-hydrogen) atoms. The van der Waals surface area contributed by atoms with E-state index in [1.807, 2.05) is 48.0 Å². The van der Waals surface area contributed by atoms with Crippen molar-refractivity contribution < 1.29 is 5.11 Å². The summed E-state index contributed by atoms with van der Waals surface area (Å²) in [5.74, 6) is 1.06. The van der Waals surface area contributed by atoms with Crippen LogP contribution in [0.1, 0.15) is 18.5 Å². The van der Waals surface area contributed by atoms with E-state index in [4.69, 9.17) is 5.73 Å². The van der Waals surface area contributed by atoms with Crippen molar-refractivity contribution in [1.29, 1.82) is 0 Å². The quantitative estimate of drug-likeness (QED) is 0.724. The van der Waals surface area contributed by atoms with Crippen molar-refractivity contribution in [2.24, 2.45) is 5.92 Å². The first-order valence-corrected chi connectivity index (χ1v) is 7.67. The lowest BCUT2D eigenvalue weighted by Crippen LogP contribution is -1.96. The number of hydrogen-bond acceptors (Lipinski definition) is 3. The van der Waals surface area contributed by atoms with Crippen molar-refractivity contribution in [3.63, 3.8) is 0 Å². The highest BCUT2D eigenvalue weighted by molar-refractivity contribution is 5.92. The smallest absolute Gasteiger partial charge is 0.200 e. The van der Waals surface area contributed by atoms with Crippen molar-refractivity contribution in [1.82, 2.24) is 9.55 Å². The molecule has 0 spiro atoms. The number of benzene rings is 1. The number of fused-ring (bicyclic) bond motifs is 1. The van der Waals surface area contributed by atoms with E-state index in [0.717, 1.165) is 45.9 Å². The fraction of sp³-hybridized carbons (Fsp3) is 0.278. The van der Waals surface area contributed by atoms with E-state index in [2.05, 4.69) is 4.98 Å². The van der Waals surface area contributed by atoms with Crippen LogP contribution in [0.15, 0.2) is 36.5 Å². The molecule has 4 nitrogen and oxygen atoms in total. The van der Waals surface area contributed by atoms with E-state index < -0.39 is 0 Å². The normalized spacial score (nSPS) is 14.6. The molecular formula is C18H19N3O. The molecule has 2 heterocycles. The Morgan fingerprint density at radius 1 is 1.32 bits per heavy atom. The molecule has 0 amide bonds. The van der Waals surface area contributed by atoms with Gasteiger partial charge in [0.25, 0.3) is 0 Å². The summed E-state index contributed by atoms with van der Waals surface area (Å²) in [4.78, 5) is 4.65. The Morgan fingerprint density at radius 2 is 2.14 bits per heavy atom. The molecule has 3 N–H and O–H groups in total. The highest BCUT2D eigenvalue weighted by Gasteiger charge is 2.24. The minimum atomic E-state index is 0.339. The monoisotopic (exact) mass is 293 g/mol. The van der Waals surface area contributed by atoms with Crippen molar-refractivity contribution in [2.45, 2.75) is 26.3 Å². The maximum atomic E-state index is 10.5. The Balaban J connectivity index is 1.85. The highest BCUT2D eigenvalue weighted by Crippen LogP contribution is 2.37. The van der Waals surface area contributed by atoms with Gasteiger partial charge < -0.3 is 15.4 Å². The molecule has 1 fully saturated rings. The lowest BCUT2D eigenvalue weighted by atomic mass is 10.1. The van der Waals surface area contributed by atoms with Crippen LogP contribution in [-0.4, -0.2) is 14.7 Å². The lowest BCUT2D eigenvalue weighted by molar-refractivity contribution is 0.414. The first kappa shape index (κ1) is 13.2. The molecule has 1 saturated carbocycles. The van der Waals surface area contributed by atoms with Crippen LogP contribution in [0.4, 0.5) is 5.69 Å². The Morgan fingerprint density at radius 3 is 2.86 bits per heavy atom. The van der Waals surface area contributed by atoms with Crippen LogP contribution < -0.4 is 5.73 Å². The van der Waals surface area contributed by atoms with Crippen molar-refractivity contribution >= 4 is 16.5 Å². The largest absolute Gasteiger partial charge is 0.494 e. The zero-order chi connectivity index (χ0) is 15.3. The second-order valence-corrected chi connectivity index (χ2v) is 6.23. The minimum Gasteiger partial charge on any atom is -0.494 e. The third-order valence-corrected chi connectivity index (χ3v) is 4.36. The number of nitrogen functional groups attached to an aromatic ring is 1. The second kappa shape index (κ2) is 4.77. The van der Waals surface area contributed by atoms with Gasteiger partial charge in [-0.05, 0) is 43.9 Å². The maximum Gasteiger partial charge on any atom is 0.200 e. The van der Waals surface area contributed by atoms with Crippen LogP contribution in [-0.2, 0) is 6.54 Å². The first-order chi connectivity index (χ1) is 10.6. The molecule has 0 saturated heterocycles. The fourth-order valence-corrected chi connectivity index (χ4v) is 3.03. The number of hydrogen-bond donors (Lipinski definition) is 2. The predicted molar refractivity (Wildman–Crippen MR) is 88.7 cm³/mol. The van der Waals surface area contributed by atoms with E-state index in [-0.39, 0.29) is 0 Å². The summed E-state index contributed by atoms with van der Waals surface area (Å²) in [5, 5.41) is 12.3. The van der Waals surface area contributed by atoms with E-state index >= 15 is 0 Å². The van der Waals surface area contributed by atoms with Crippen LogP contribution in [0.2, 0.25) is 0 Å². The first-order valence-electron chi connectivity index (χ1n) is 7.67. The SMILES string of the molecule is Cc1nc(-c2cccc(N)c2)cc2cn(CC3CC3)c(O)c12. The molecule has 1 aliphatic carbocycles. The van der Waals surface area contributed by atoms with Gasteiger partial charge in [0.2, 0.25) is 5.88 Å². The molecule has 0 aliphatic heterocycles. The Labute approximate surface area is 129 Å². The van der Waals surface area contributed by atoms with Gasteiger partial charge in [-0.25, -0.2) is 0 Å². The van der Waals surface area contributed by atoms with Gasteiger partial charge in [-0.3, -0.25) is 4.98 Å². The van der Waals surface area contributed by atoms with Gasteiger partial charge in [-0.15, -0.1) is 0 Å². The number of nitrogens with two attached hydrogens (primary N) is 1. The molecule has 112 valence electrons. The van der Waals surface area contributed by atoms with Crippen LogP contribution in [0.25, 0.3) is 22.0 Å². The van der Waals surface area contributed by atoms with E-state index in [9.17, 15) is 5.11 Å². The summed E-state index contributed by atoms with van der Waals surface area (Å²) < 4.78 is 1.96. The third-order valence-electron chi connectivity index (χ3n) is 4.36. The van der Waals surface area contributed by atoms with Crippen LogP contribution >= 0.6 is 0 Å². The number of pyridine rings is 1. The predicted octanol–water partition coefficient (Wildman–Crippen LogP) is 3.71. The van der Waals surface area contributed by atoms with Crippen molar-refractivity contribution in [3.05, 3.63) is 42.2 Å². The Bertz CT molecular complexity index is 862. The summed E-state index contributed by atoms with van der Waals surface area (Å²) in [6, 6.07) is 9.76. The third kappa shape index (κ3) is 2.21. The minimum absolute atomic E-state index is 0.339. The molecule has 4 rings (SSSR count). The van der Waals surface area contributed by atoms with E-state index in [0.29, 0.717) is 5.88 Å². The van der Waals surface area contributed by atoms with Crippen LogP contribution in [0, 0.1) is 12.8 Å². The number of aromatic nitrogens is 2. The van der Waals surface area contributed by atoms with Gasteiger partial charge in [0.05, 0.1) is 16.8 Å². The standard InChI is InChI=1S/C18H19N3O/c1-11-17-14(10-21(18(17)22)9-12-5-6-12)8-16(20-11)13-3-2-4-15(19)7-13/h2-4,7-8,10,12,22H,5-6,9,19H2,1H3. The van der Waals surface area contributed by atoms with Crippen molar-refractivity contribution in [3.8, 4) is 17.1 Å². The molecule has 0 bridgehead atoms. The summed E-state index contributed by atoms with van der Waals surface area (Å²) >= 11 is 0. The van der Waals surface area contributed by atoms with Crippen molar-refractivity contribution in [2.75, 3.05) is 5.73 Å².